The Hall–Kier alpha value is -2.63. The average Bonchev–Trinajstić information content (AvgIpc) is 2.71. The first kappa shape index (κ1) is 20.1. The molecule has 0 atom stereocenters. The van der Waals surface area contributed by atoms with E-state index < -0.39 is 0 Å². The van der Waals surface area contributed by atoms with Crippen molar-refractivity contribution in [3.05, 3.63) is 41.6 Å². The minimum absolute atomic E-state index is 0.231. The molecule has 0 unspecified atom stereocenters. The van der Waals surface area contributed by atoms with Crippen LogP contribution in [0.25, 0.3) is 0 Å². The van der Waals surface area contributed by atoms with Gasteiger partial charge in [-0.3, -0.25) is 4.79 Å². The van der Waals surface area contributed by atoms with Gasteiger partial charge < -0.3 is 15.1 Å². The number of benzene rings is 1. The number of anilines is 3. The van der Waals surface area contributed by atoms with Gasteiger partial charge in [0.25, 0.3) is 5.91 Å². The number of aromatic nitrogens is 2. The molecule has 28 heavy (non-hydrogen) atoms. The third-order valence-electron chi connectivity index (χ3n) is 5.58. The van der Waals surface area contributed by atoms with E-state index in [1.165, 1.54) is 18.5 Å². The summed E-state index contributed by atoms with van der Waals surface area (Å²) < 4.78 is 0. The number of aryl methyl sites for hydroxylation is 1. The second-order valence-electron chi connectivity index (χ2n) is 7.57. The van der Waals surface area contributed by atoms with Crippen molar-refractivity contribution in [2.75, 3.05) is 41.3 Å². The quantitative estimate of drug-likeness (QED) is 0.815. The molecule has 2 heterocycles. The molecule has 1 N–H and O–H groups in total. The zero-order valence-electron chi connectivity index (χ0n) is 17.4. The van der Waals surface area contributed by atoms with E-state index in [0.29, 0.717) is 5.69 Å². The molecule has 6 heteroatoms. The fraction of sp³-hybridized carbons (Fsp3) is 0.500. The molecular weight excluding hydrogens is 350 g/mol. The Morgan fingerprint density at radius 3 is 2.43 bits per heavy atom. The lowest BCUT2D eigenvalue weighted by atomic mass is 9.99. The number of hydrogen-bond acceptors (Lipinski definition) is 5. The molecule has 1 fully saturated rings. The van der Waals surface area contributed by atoms with Crippen LogP contribution in [0.1, 0.15) is 49.7 Å². The Balaban J connectivity index is 1.66. The maximum Gasteiger partial charge on any atom is 0.276 e. The number of nitrogens with one attached hydrogen (secondary N) is 1. The number of nitrogens with zero attached hydrogens (tertiary/aromatic N) is 4. The van der Waals surface area contributed by atoms with E-state index in [9.17, 15) is 4.79 Å². The molecule has 0 spiro atoms. The first-order valence-corrected chi connectivity index (χ1v) is 10.3. The predicted molar refractivity (Wildman–Crippen MR) is 115 cm³/mol. The van der Waals surface area contributed by atoms with Crippen LogP contribution >= 0.6 is 0 Å². The molecule has 1 saturated heterocycles. The summed E-state index contributed by atoms with van der Waals surface area (Å²) in [6, 6.07) is 9.76. The van der Waals surface area contributed by atoms with Gasteiger partial charge in [-0.2, -0.15) is 0 Å². The zero-order valence-corrected chi connectivity index (χ0v) is 17.4. The van der Waals surface area contributed by atoms with E-state index in [1.54, 1.807) is 6.07 Å². The minimum Gasteiger partial charge on any atom is -0.372 e. The normalized spacial score (nSPS) is 14.8. The van der Waals surface area contributed by atoms with E-state index in [-0.39, 0.29) is 5.91 Å². The lowest BCUT2D eigenvalue weighted by Crippen LogP contribution is -2.33. The van der Waals surface area contributed by atoms with Crippen molar-refractivity contribution < 1.29 is 4.79 Å². The number of piperidine rings is 1. The zero-order chi connectivity index (χ0) is 20.1. The lowest BCUT2D eigenvalue weighted by Gasteiger charge is -2.30. The molecule has 1 aliphatic heterocycles. The first-order chi connectivity index (χ1) is 13.5. The Morgan fingerprint density at radius 1 is 1.14 bits per heavy atom. The molecule has 0 bridgehead atoms. The third kappa shape index (κ3) is 4.61. The molecular formula is C22H31N5O. The van der Waals surface area contributed by atoms with Crippen molar-refractivity contribution >= 4 is 23.1 Å². The summed E-state index contributed by atoms with van der Waals surface area (Å²) in [6.45, 7) is 12.5. The second-order valence-corrected chi connectivity index (χ2v) is 7.57. The summed E-state index contributed by atoms with van der Waals surface area (Å²) in [5, 5.41) is 11.4. The van der Waals surface area contributed by atoms with Crippen molar-refractivity contribution in [2.45, 2.75) is 40.5 Å². The van der Waals surface area contributed by atoms with Gasteiger partial charge in [-0.05, 0) is 75.4 Å². The van der Waals surface area contributed by atoms with E-state index >= 15 is 0 Å². The molecule has 1 amide bonds. The molecule has 150 valence electrons. The van der Waals surface area contributed by atoms with Crippen LogP contribution in [0.5, 0.6) is 0 Å². The number of hydrogen-bond donors (Lipinski definition) is 1. The highest BCUT2D eigenvalue weighted by Crippen LogP contribution is 2.24. The van der Waals surface area contributed by atoms with Crippen molar-refractivity contribution in [1.82, 2.24) is 10.2 Å². The van der Waals surface area contributed by atoms with Gasteiger partial charge in [-0.1, -0.05) is 6.92 Å². The summed E-state index contributed by atoms with van der Waals surface area (Å²) in [4.78, 5) is 17.1. The van der Waals surface area contributed by atoms with Gasteiger partial charge >= 0.3 is 0 Å². The van der Waals surface area contributed by atoms with Gasteiger partial charge in [0, 0.05) is 37.6 Å². The smallest absolute Gasteiger partial charge is 0.276 e. The van der Waals surface area contributed by atoms with Crippen LogP contribution in [0, 0.1) is 12.8 Å². The first-order valence-electron chi connectivity index (χ1n) is 10.3. The summed E-state index contributed by atoms with van der Waals surface area (Å²) in [5.41, 5.74) is 3.34. The molecule has 0 radical (unpaired) electrons. The number of amides is 1. The highest BCUT2D eigenvalue weighted by atomic mass is 16.1. The molecule has 1 aromatic carbocycles. The fourth-order valence-corrected chi connectivity index (χ4v) is 3.61. The van der Waals surface area contributed by atoms with E-state index in [1.807, 2.05) is 25.1 Å². The van der Waals surface area contributed by atoms with Crippen LogP contribution in [0.2, 0.25) is 0 Å². The Kier molecular flexibility index (Phi) is 6.49. The monoisotopic (exact) mass is 381 g/mol. The Morgan fingerprint density at radius 2 is 1.86 bits per heavy atom. The van der Waals surface area contributed by atoms with Crippen LogP contribution in [0.4, 0.5) is 17.2 Å². The van der Waals surface area contributed by atoms with Gasteiger partial charge in [0.15, 0.2) is 11.5 Å². The molecule has 0 saturated carbocycles. The van der Waals surface area contributed by atoms with Gasteiger partial charge in [0.2, 0.25) is 0 Å². The molecule has 2 aromatic rings. The van der Waals surface area contributed by atoms with Gasteiger partial charge in [0.1, 0.15) is 0 Å². The van der Waals surface area contributed by atoms with Gasteiger partial charge in [-0.25, -0.2) is 0 Å². The maximum absolute atomic E-state index is 12.6. The average molecular weight is 382 g/mol. The van der Waals surface area contributed by atoms with E-state index in [4.69, 9.17) is 0 Å². The number of rotatable bonds is 6. The van der Waals surface area contributed by atoms with E-state index in [0.717, 1.165) is 49.2 Å². The molecule has 6 nitrogen and oxygen atoms in total. The van der Waals surface area contributed by atoms with E-state index in [2.05, 4.69) is 52.2 Å². The number of carbonyl (C=O) groups is 1. The van der Waals surface area contributed by atoms with Crippen LogP contribution in [0.3, 0.4) is 0 Å². The SMILES string of the molecule is CCN(CC)c1ccc(NC(=O)c2ccc(N3CCC(C)CC3)nn2)c(C)c1. The van der Waals surface area contributed by atoms with Crippen LogP contribution < -0.4 is 15.1 Å². The second kappa shape index (κ2) is 9.04. The highest BCUT2D eigenvalue weighted by molar-refractivity contribution is 6.03. The highest BCUT2D eigenvalue weighted by Gasteiger charge is 2.18. The summed E-state index contributed by atoms with van der Waals surface area (Å²) in [6.07, 6.45) is 2.35. The summed E-state index contributed by atoms with van der Waals surface area (Å²) >= 11 is 0. The fourth-order valence-electron chi connectivity index (χ4n) is 3.61. The van der Waals surface area contributed by atoms with Gasteiger partial charge in [-0.15, -0.1) is 10.2 Å². The summed E-state index contributed by atoms with van der Waals surface area (Å²) in [5.74, 6) is 1.39. The van der Waals surface area contributed by atoms with Crippen molar-refractivity contribution in [2.24, 2.45) is 5.92 Å². The van der Waals surface area contributed by atoms with Crippen molar-refractivity contribution in [1.29, 1.82) is 0 Å². The standard InChI is InChI=1S/C22H31N5O/c1-5-26(6-2)18-7-8-19(17(4)15-18)23-22(28)20-9-10-21(25-24-20)27-13-11-16(3)12-14-27/h7-10,15-16H,5-6,11-14H2,1-4H3,(H,23,28). The Labute approximate surface area is 168 Å². The van der Waals surface area contributed by atoms with Crippen molar-refractivity contribution in [3.8, 4) is 0 Å². The largest absolute Gasteiger partial charge is 0.372 e. The number of carbonyl (C=O) groups excluding carboxylic acids is 1. The topological polar surface area (TPSA) is 61.4 Å². The molecule has 1 aliphatic rings. The third-order valence-corrected chi connectivity index (χ3v) is 5.58. The van der Waals surface area contributed by atoms with Crippen LogP contribution in [0.15, 0.2) is 30.3 Å². The molecule has 1 aromatic heterocycles. The Bertz CT molecular complexity index is 793. The van der Waals surface area contributed by atoms with Crippen LogP contribution in [-0.2, 0) is 0 Å². The molecule has 3 rings (SSSR count). The van der Waals surface area contributed by atoms with Crippen molar-refractivity contribution in [3.63, 3.8) is 0 Å². The molecule has 0 aliphatic carbocycles. The lowest BCUT2D eigenvalue weighted by molar-refractivity contribution is 0.102. The minimum atomic E-state index is -0.231. The maximum atomic E-state index is 12.6. The predicted octanol–water partition coefficient (Wildman–Crippen LogP) is 4.12. The van der Waals surface area contributed by atoms with Gasteiger partial charge in [0.05, 0.1) is 0 Å². The van der Waals surface area contributed by atoms with Crippen LogP contribution in [-0.4, -0.2) is 42.3 Å². The summed E-state index contributed by atoms with van der Waals surface area (Å²) in [7, 11) is 0.